The van der Waals surface area contributed by atoms with Gasteiger partial charge in [-0.1, -0.05) is 72.0 Å². The third-order valence-corrected chi connectivity index (χ3v) is 6.58. The zero-order valence-corrected chi connectivity index (χ0v) is 14.7. The molecule has 3 aromatic rings. The minimum absolute atomic E-state index is 0.688. The lowest BCUT2D eigenvalue weighted by Crippen LogP contribution is -2.20. The fourth-order valence-electron chi connectivity index (χ4n) is 2.04. The zero-order valence-electron chi connectivity index (χ0n) is 13.0. The van der Waals surface area contributed by atoms with Gasteiger partial charge in [-0.15, -0.1) is 10.2 Å². The summed E-state index contributed by atoms with van der Waals surface area (Å²) in [6.45, 7) is 0. The van der Waals surface area contributed by atoms with Crippen molar-refractivity contribution < 1.29 is 0 Å². The third kappa shape index (κ3) is 4.01. The monoisotopic (exact) mass is 340 g/mol. The number of hydrogen-bond donors (Lipinski definition) is 0. The highest BCUT2D eigenvalue weighted by Crippen LogP contribution is 2.35. The smallest absolute Gasteiger partial charge is 0.233 e. The lowest BCUT2D eigenvalue weighted by molar-refractivity contribution is 0.643. The van der Waals surface area contributed by atoms with E-state index in [-0.39, 0.29) is 0 Å². The van der Waals surface area contributed by atoms with Gasteiger partial charge in [-0.2, -0.15) is 0 Å². The van der Waals surface area contributed by atoms with Crippen molar-refractivity contribution in [3.8, 4) is 0 Å². The second-order valence-electron chi connectivity index (χ2n) is 5.08. The molecule has 0 atom stereocenters. The Hall–Kier alpha value is -2.10. The van der Waals surface area contributed by atoms with Gasteiger partial charge in [-0.05, 0) is 10.6 Å². The highest BCUT2D eigenvalue weighted by molar-refractivity contribution is 7.83. The van der Waals surface area contributed by atoms with Crippen LogP contribution in [-0.4, -0.2) is 35.5 Å². The van der Waals surface area contributed by atoms with Crippen molar-refractivity contribution in [1.82, 2.24) is 15.1 Å². The standard InChI is InChI=1S/C17H17N4PS/c1-21(2)13-18-16-19-20-17(23-16)22(14-9-5-3-6-10-14)15-11-7-4-8-12-15/h3-13H,1-2H3/b18-13-. The number of rotatable bonds is 5. The van der Waals surface area contributed by atoms with E-state index in [1.165, 1.54) is 10.6 Å². The minimum Gasteiger partial charge on any atom is -0.369 e. The summed E-state index contributed by atoms with van der Waals surface area (Å²) in [4.78, 5) is 6.24. The summed E-state index contributed by atoms with van der Waals surface area (Å²) in [7, 11) is 3.18. The SMILES string of the molecule is CN(C)/C=N\c1nnc(P(c2ccccc2)c2ccccc2)s1. The number of aliphatic imine (C=N–C) groups is 1. The molecule has 116 valence electrons. The molecule has 4 nitrogen and oxygen atoms in total. The van der Waals surface area contributed by atoms with Crippen molar-refractivity contribution in [1.29, 1.82) is 0 Å². The van der Waals surface area contributed by atoms with Gasteiger partial charge < -0.3 is 4.90 Å². The molecule has 0 amide bonds. The average Bonchev–Trinajstić information content (AvgIpc) is 3.04. The van der Waals surface area contributed by atoms with Crippen LogP contribution in [0.5, 0.6) is 0 Å². The van der Waals surface area contributed by atoms with Gasteiger partial charge in [0.25, 0.3) is 0 Å². The second kappa shape index (κ2) is 7.44. The van der Waals surface area contributed by atoms with E-state index in [1.807, 2.05) is 31.1 Å². The van der Waals surface area contributed by atoms with E-state index in [2.05, 4.69) is 63.7 Å². The molecule has 6 heteroatoms. The van der Waals surface area contributed by atoms with Crippen LogP contribution >= 0.6 is 19.3 Å². The summed E-state index contributed by atoms with van der Waals surface area (Å²) in [6.07, 6.45) is 1.75. The van der Waals surface area contributed by atoms with Crippen LogP contribution in [0.2, 0.25) is 0 Å². The molecule has 0 N–H and O–H groups in total. The molecular weight excluding hydrogens is 323 g/mol. The predicted octanol–water partition coefficient (Wildman–Crippen LogP) is 2.52. The van der Waals surface area contributed by atoms with Gasteiger partial charge in [0.1, 0.15) is 0 Å². The summed E-state index contributed by atoms with van der Waals surface area (Å²) in [5, 5.41) is 11.9. The maximum atomic E-state index is 4.41. The molecule has 0 unspecified atom stereocenters. The topological polar surface area (TPSA) is 41.4 Å². The van der Waals surface area contributed by atoms with Crippen LogP contribution in [0.4, 0.5) is 5.13 Å². The van der Waals surface area contributed by atoms with Gasteiger partial charge >= 0.3 is 0 Å². The predicted molar refractivity (Wildman–Crippen MR) is 100 cm³/mol. The summed E-state index contributed by atoms with van der Waals surface area (Å²) < 4.78 is 1.02. The Morgan fingerprint density at radius 1 is 0.913 bits per heavy atom. The van der Waals surface area contributed by atoms with Crippen molar-refractivity contribution >= 4 is 46.1 Å². The van der Waals surface area contributed by atoms with Crippen molar-refractivity contribution in [2.75, 3.05) is 14.1 Å². The molecular formula is C17H17N4PS. The molecule has 0 aliphatic rings. The first-order valence-electron chi connectivity index (χ1n) is 7.18. The third-order valence-electron chi connectivity index (χ3n) is 3.02. The molecule has 2 aromatic carbocycles. The average molecular weight is 340 g/mol. The van der Waals surface area contributed by atoms with E-state index in [0.29, 0.717) is 5.13 Å². The molecule has 0 fully saturated rings. The van der Waals surface area contributed by atoms with E-state index in [1.54, 1.807) is 17.7 Å². The van der Waals surface area contributed by atoms with E-state index in [0.717, 1.165) is 4.75 Å². The molecule has 1 heterocycles. The molecule has 0 saturated heterocycles. The lowest BCUT2D eigenvalue weighted by atomic mass is 10.4. The van der Waals surface area contributed by atoms with E-state index >= 15 is 0 Å². The molecule has 3 rings (SSSR count). The van der Waals surface area contributed by atoms with E-state index in [4.69, 9.17) is 0 Å². The molecule has 23 heavy (non-hydrogen) atoms. The van der Waals surface area contributed by atoms with Crippen LogP contribution in [0.25, 0.3) is 0 Å². The van der Waals surface area contributed by atoms with Crippen LogP contribution < -0.4 is 15.4 Å². The maximum Gasteiger partial charge on any atom is 0.233 e. The fraction of sp³-hybridized carbons (Fsp3) is 0.118. The van der Waals surface area contributed by atoms with Gasteiger partial charge in [0.2, 0.25) is 5.13 Å². The maximum absolute atomic E-state index is 4.41. The largest absolute Gasteiger partial charge is 0.369 e. The summed E-state index contributed by atoms with van der Waals surface area (Å²) >= 11 is 1.55. The Bertz CT molecular complexity index is 732. The highest BCUT2D eigenvalue weighted by atomic mass is 32.1. The number of nitrogens with zero attached hydrogens (tertiary/aromatic N) is 4. The summed E-state index contributed by atoms with van der Waals surface area (Å²) in [6, 6.07) is 21.0. The van der Waals surface area contributed by atoms with Crippen molar-refractivity contribution in [3.05, 3.63) is 60.7 Å². The Balaban J connectivity index is 2.00. The number of benzene rings is 2. The first-order valence-corrected chi connectivity index (χ1v) is 9.34. The Morgan fingerprint density at radius 3 is 2.00 bits per heavy atom. The molecule has 0 aliphatic heterocycles. The highest BCUT2D eigenvalue weighted by Gasteiger charge is 2.20. The quantitative estimate of drug-likeness (QED) is 0.407. The molecule has 0 radical (unpaired) electrons. The minimum atomic E-state index is -0.694. The second-order valence-corrected chi connectivity index (χ2v) is 8.47. The van der Waals surface area contributed by atoms with E-state index in [9.17, 15) is 0 Å². The van der Waals surface area contributed by atoms with Gasteiger partial charge in [0.15, 0.2) is 4.75 Å². The molecule has 1 aromatic heterocycles. The first kappa shape index (κ1) is 15.8. The zero-order chi connectivity index (χ0) is 16.1. The molecule has 0 bridgehead atoms. The fourth-order valence-corrected chi connectivity index (χ4v) is 5.52. The van der Waals surface area contributed by atoms with Crippen LogP contribution in [0, 0.1) is 0 Å². The van der Waals surface area contributed by atoms with Gasteiger partial charge in [-0.3, -0.25) is 0 Å². The van der Waals surface area contributed by atoms with Crippen molar-refractivity contribution in [3.63, 3.8) is 0 Å². The number of aromatic nitrogens is 2. The normalized spacial score (nSPS) is 11.3. The Kier molecular flexibility index (Phi) is 5.11. The van der Waals surface area contributed by atoms with Gasteiger partial charge in [-0.25, -0.2) is 4.99 Å². The van der Waals surface area contributed by atoms with Gasteiger partial charge in [0.05, 0.1) is 6.34 Å². The van der Waals surface area contributed by atoms with Crippen molar-refractivity contribution in [2.24, 2.45) is 4.99 Å². The Labute approximate surface area is 141 Å². The van der Waals surface area contributed by atoms with E-state index < -0.39 is 7.92 Å². The Morgan fingerprint density at radius 2 is 1.48 bits per heavy atom. The van der Waals surface area contributed by atoms with Crippen LogP contribution in [0.1, 0.15) is 0 Å². The van der Waals surface area contributed by atoms with Crippen LogP contribution in [0.15, 0.2) is 65.7 Å². The molecule has 0 saturated carbocycles. The first-order chi connectivity index (χ1) is 11.2. The van der Waals surface area contributed by atoms with Gasteiger partial charge in [0, 0.05) is 22.0 Å². The van der Waals surface area contributed by atoms with Crippen LogP contribution in [0.3, 0.4) is 0 Å². The number of hydrogen-bond acceptors (Lipinski definition) is 4. The lowest BCUT2D eigenvalue weighted by Gasteiger charge is -2.14. The van der Waals surface area contributed by atoms with Crippen molar-refractivity contribution in [2.45, 2.75) is 0 Å². The summed E-state index contributed by atoms with van der Waals surface area (Å²) in [5.41, 5.74) is 0. The summed E-state index contributed by atoms with van der Waals surface area (Å²) in [5.74, 6) is 0. The molecule has 0 aliphatic carbocycles. The van der Waals surface area contributed by atoms with Crippen LogP contribution in [-0.2, 0) is 0 Å². The molecule has 0 spiro atoms.